The molecular formula is C16H17N5O2S. The standard InChI is InChI=1S/C16H17N5O2S/c1-21-8-13(7-17-21)18-12-5-3-4-11(6-12)15(22)20-16-19-14(9-23-2)10-24-16/h3-8,10,18H,9H2,1-2H3,(H,19,20,22). The summed E-state index contributed by atoms with van der Waals surface area (Å²) in [5, 5.41) is 12.5. The molecular weight excluding hydrogens is 326 g/mol. The van der Waals surface area contributed by atoms with E-state index in [1.165, 1.54) is 11.3 Å². The van der Waals surface area contributed by atoms with Crippen LogP contribution in [-0.4, -0.2) is 27.8 Å². The van der Waals surface area contributed by atoms with Gasteiger partial charge in [-0.25, -0.2) is 4.98 Å². The molecule has 0 saturated carbocycles. The fourth-order valence-corrected chi connectivity index (χ4v) is 2.83. The summed E-state index contributed by atoms with van der Waals surface area (Å²) in [6.45, 7) is 0.427. The molecule has 24 heavy (non-hydrogen) atoms. The lowest BCUT2D eigenvalue weighted by Gasteiger charge is -2.06. The van der Waals surface area contributed by atoms with E-state index in [-0.39, 0.29) is 5.91 Å². The van der Waals surface area contributed by atoms with Crippen molar-refractivity contribution in [3.8, 4) is 0 Å². The van der Waals surface area contributed by atoms with Crippen molar-refractivity contribution in [2.75, 3.05) is 17.7 Å². The van der Waals surface area contributed by atoms with Crippen LogP contribution in [0.15, 0.2) is 42.0 Å². The van der Waals surface area contributed by atoms with Crippen molar-refractivity contribution in [2.24, 2.45) is 7.05 Å². The van der Waals surface area contributed by atoms with E-state index in [0.717, 1.165) is 17.1 Å². The summed E-state index contributed by atoms with van der Waals surface area (Å²) >= 11 is 1.37. The number of benzene rings is 1. The van der Waals surface area contributed by atoms with E-state index in [0.29, 0.717) is 17.3 Å². The molecule has 0 atom stereocenters. The highest BCUT2D eigenvalue weighted by Gasteiger charge is 2.10. The molecule has 0 bridgehead atoms. The highest BCUT2D eigenvalue weighted by Crippen LogP contribution is 2.20. The van der Waals surface area contributed by atoms with Crippen LogP contribution in [0.1, 0.15) is 16.1 Å². The number of nitrogens with one attached hydrogen (secondary N) is 2. The van der Waals surface area contributed by atoms with Gasteiger partial charge in [-0.05, 0) is 18.2 Å². The predicted octanol–water partition coefficient (Wildman–Crippen LogP) is 3.02. The van der Waals surface area contributed by atoms with Crippen molar-refractivity contribution < 1.29 is 9.53 Å². The van der Waals surface area contributed by atoms with Gasteiger partial charge in [0, 0.05) is 37.0 Å². The number of amides is 1. The van der Waals surface area contributed by atoms with Gasteiger partial charge in [0.05, 0.1) is 24.2 Å². The van der Waals surface area contributed by atoms with Crippen molar-refractivity contribution in [2.45, 2.75) is 6.61 Å². The average Bonchev–Trinajstić information content (AvgIpc) is 3.17. The van der Waals surface area contributed by atoms with Gasteiger partial charge in [0.15, 0.2) is 5.13 Å². The quantitative estimate of drug-likeness (QED) is 0.719. The Morgan fingerprint density at radius 1 is 1.38 bits per heavy atom. The summed E-state index contributed by atoms with van der Waals surface area (Å²) in [5.41, 5.74) is 3.02. The van der Waals surface area contributed by atoms with Gasteiger partial charge in [-0.3, -0.25) is 14.8 Å². The normalized spacial score (nSPS) is 10.6. The van der Waals surface area contributed by atoms with Crippen LogP contribution < -0.4 is 10.6 Å². The zero-order valence-electron chi connectivity index (χ0n) is 13.3. The Balaban J connectivity index is 1.69. The highest BCUT2D eigenvalue weighted by atomic mass is 32.1. The summed E-state index contributed by atoms with van der Waals surface area (Å²) in [7, 11) is 3.46. The van der Waals surface area contributed by atoms with Gasteiger partial charge < -0.3 is 10.1 Å². The molecule has 3 rings (SSSR count). The number of hydrogen-bond donors (Lipinski definition) is 2. The molecule has 8 heteroatoms. The molecule has 0 saturated heterocycles. The van der Waals surface area contributed by atoms with E-state index >= 15 is 0 Å². The molecule has 0 spiro atoms. The number of anilines is 3. The lowest BCUT2D eigenvalue weighted by atomic mass is 10.2. The second-order valence-electron chi connectivity index (χ2n) is 5.14. The summed E-state index contributed by atoms with van der Waals surface area (Å²) < 4.78 is 6.73. The van der Waals surface area contributed by atoms with Crippen LogP contribution in [0.5, 0.6) is 0 Å². The van der Waals surface area contributed by atoms with Crippen molar-refractivity contribution in [3.63, 3.8) is 0 Å². The van der Waals surface area contributed by atoms with Crippen molar-refractivity contribution >= 4 is 33.8 Å². The Hall–Kier alpha value is -2.71. The van der Waals surface area contributed by atoms with E-state index < -0.39 is 0 Å². The Bertz CT molecular complexity index is 842. The maximum Gasteiger partial charge on any atom is 0.257 e. The number of methoxy groups -OCH3 is 1. The largest absolute Gasteiger partial charge is 0.378 e. The Labute approximate surface area is 143 Å². The molecule has 0 unspecified atom stereocenters. The predicted molar refractivity (Wildman–Crippen MR) is 93.7 cm³/mol. The van der Waals surface area contributed by atoms with E-state index in [4.69, 9.17) is 4.74 Å². The third-order valence-corrected chi connectivity index (χ3v) is 3.99. The molecule has 1 aromatic carbocycles. The molecule has 2 N–H and O–H groups in total. The van der Waals surface area contributed by atoms with Gasteiger partial charge in [0.25, 0.3) is 5.91 Å². The van der Waals surface area contributed by atoms with E-state index in [1.807, 2.05) is 30.8 Å². The molecule has 0 aliphatic rings. The third-order valence-electron chi connectivity index (χ3n) is 3.18. The van der Waals surface area contributed by atoms with Crippen LogP contribution in [0, 0.1) is 0 Å². The number of ether oxygens (including phenoxy) is 1. The zero-order valence-corrected chi connectivity index (χ0v) is 14.1. The average molecular weight is 343 g/mol. The number of nitrogens with zero attached hydrogens (tertiary/aromatic N) is 3. The zero-order chi connectivity index (χ0) is 16.9. The highest BCUT2D eigenvalue weighted by molar-refractivity contribution is 7.13. The molecule has 1 amide bonds. The van der Waals surface area contributed by atoms with Crippen LogP contribution >= 0.6 is 11.3 Å². The molecule has 2 aromatic heterocycles. The lowest BCUT2D eigenvalue weighted by molar-refractivity contribution is 0.102. The molecule has 0 radical (unpaired) electrons. The lowest BCUT2D eigenvalue weighted by Crippen LogP contribution is -2.12. The Kier molecular flexibility index (Phi) is 4.88. The third kappa shape index (κ3) is 3.98. The van der Waals surface area contributed by atoms with Crippen molar-refractivity contribution in [1.29, 1.82) is 0 Å². The number of carbonyl (C=O) groups excluding carboxylic acids is 1. The fraction of sp³-hybridized carbons (Fsp3) is 0.188. The molecule has 0 aliphatic carbocycles. The van der Waals surface area contributed by atoms with Crippen molar-refractivity contribution in [1.82, 2.24) is 14.8 Å². The van der Waals surface area contributed by atoms with Gasteiger partial charge >= 0.3 is 0 Å². The van der Waals surface area contributed by atoms with Gasteiger partial charge in [0.2, 0.25) is 0 Å². The first-order chi connectivity index (χ1) is 11.6. The SMILES string of the molecule is COCc1csc(NC(=O)c2cccc(Nc3cnn(C)c3)c2)n1. The molecule has 0 fully saturated rings. The van der Waals surface area contributed by atoms with Gasteiger partial charge in [-0.2, -0.15) is 5.10 Å². The first-order valence-corrected chi connectivity index (χ1v) is 8.12. The minimum absolute atomic E-state index is 0.205. The van der Waals surface area contributed by atoms with E-state index in [1.54, 1.807) is 30.1 Å². The molecule has 124 valence electrons. The Morgan fingerprint density at radius 2 is 2.25 bits per heavy atom. The van der Waals surface area contributed by atoms with Crippen LogP contribution in [0.2, 0.25) is 0 Å². The monoisotopic (exact) mass is 343 g/mol. The van der Waals surface area contributed by atoms with E-state index in [9.17, 15) is 4.79 Å². The van der Waals surface area contributed by atoms with Crippen LogP contribution in [0.3, 0.4) is 0 Å². The maximum absolute atomic E-state index is 12.4. The molecule has 2 heterocycles. The number of aryl methyl sites for hydroxylation is 1. The van der Waals surface area contributed by atoms with Gasteiger partial charge in [0.1, 0.15) is 0 Å². The second kappa shape index (κ2) is 7.24. The first-order valence-electron chi connectivity index (χ1n) is 7.24. The number of carbonyl (C=O) groups is 1. The van der Waals surface area contributed by atoms with Gasteiger partial charge in [-0.15, -0.1) is 11.3 Å². The topological polar surface area (TPSA) is 81.1 Å². The summed E-state index contributed by atoms with van der Waals surface area (Å²) in [6, 6.07) is 7.26. The number of aromatic nitrogens is 3. The second-order valence-corrected chi connectivity index (χ2v) is 6.00. The minimum atomic E-state index is -0.205. The number of rotatable bonds is 6. The van der Waals surface area contributed by atoms with Crippen LogP contribution in [-0.2, 0) is 18.4 Å². The van der Waals surface area contributed by atoms with Crippen LogP contribution in [0.4, 0.5) is 16.5 Å². The summed E-state index contributed by atoms with van der Waals surface area (Å²) in [4.78, 5) is 16.7. The maximum atomic E-state index is 12.4. The Morgan fingerprint density at radius 3 is 3.00 bits per heavy atom. The number of hydrogen-bond acceptors (Lipinski definition) is 6. The minimum Gasteiger partial charge on any atom is -0.378 e. The fourth-order valence-electron chi connectivity index (χ4n) is 2.14. The summed E-state index contributed by atoms with van der Waals surface area (Å²) in [6.07, 6.45) is 3.58. The summed E-state index contributed by atoms with van der Waals surface area (Å²) in [5.74, 6) is -0.205. The number of thiazole rings is 1. The molecule has 0 aliphatic heterocycles. The molecule has 7 nitrogen and oxygen atoms in total. The smallest absolute Gasteiger partial charge is 0.257 e. The molecule has 3 aromatic rings. The van der Waals surface area contributed by atoms with Gasteiger partial charge in [-0.1, -0.05) is 6.07 Å². The van der Waals surface area contributed by atoms with E-state index in [2.05, 4.69) is 20.7 Å². The van der Waals surface area contributed by atoms with Crippen molar-refractivity contribution in [3.05, 3.63) is 53.3 Å². The first kappa shape index (κ1) is 16.2. The van der Waals surface area contributed by atoms with Crippen LogP contribution in [0.25, 0.3) is 0 Å².